The van der Waals surface area contributed by atoms with Crippen LogP contribution in [0.5, 0.6) is 5.75 Å². The Labute approximate surface area is 190 Å². The zero-order chi connectivity index (χ0) is 22.5. The maximum absolute atomic E-state index is 12.7. The van der Waals surface area contributed by atoms with E-state index in [9.17, 15) is 9.59 Å². The molecule has 2 aliphatic heterocycles. The smallest absolute Gasteiger partial charge is 0.246 e. The molecule has 6 nitrogen and oxygen atoms in total. The number of hydrogen-bond donors (Lipinski definition) is 0. The first kappa shape index (κ1) is 22.3. The minimum absolute atomic E-state index is 0.0236. The van der Waals surface area contributed by atoms with Gasteiger partial charge in [0, 0.05) is 44.8 Å². The summed E-state index contributed by atoms with van der Waals surface area (Å²) >= 11 is 0. The second-order valence-electron chi connectivity index (χ2n) is 8.84. The summed E-state index contributed by atoms with van der Waals surface area (Å²) in [6, 6.07) is 12.4. The summed E-state index contributed by atoms with van der Waals surface area (Å²) in [6.07, 6.45) is 6.95. The Morgan fingerprint density at radius 2 is 1.75 bits per heavy atom. The molecular weight excluding hydrogens is 402 g/mol. The third-order valence-electron chi connectivity index (χ3n) is 6.66. The predicted octanol–water partition coefficient (Wildman–Crippen LogP) is 3.41. The highest BCUT2D eigenvalue weighted by Crippen LogP contribution is 2.22. The van der Waals surface area contributed by atoms with Gasteiger partial charge in [0.1, 0.15) is 5.75 Å². The number of methoxy groups -OCH3 is 1. The third-order valence-corrected chi connectivity index (χ3v) is 6.66. The number of fused-ring (bicyclic) bond motifs is 1. The summed E-state index contributed by atoms with van der Waals surface area (Å²) in [5, 5.41) is 2.22. The number of carbonyl (C=O) groups excluding carboxylic acids is 2. The van der Waals surface area contributed by atoms with Gasteiger partial charge in [0.25, 0.3) is 0 Å². The highest BCUT2D eigenvalue weighted by atomic mass is 16.5. The van der Waals surface area contributed by atoms with Gasteiger partial charge in [-0.05, 0) is 66.8 Å². The highest BCUT2D eigenvalue weighted by Gasteiger charge is 2.26. The minimum atomic E-state index is 0.0236. The topological polar surface area (TPSA) is 53.1 Å². The molecule has 1 atom stereocenters. The third kappa shape index (κ3) is 5.30. The lowest BCUT2D eigenvalue weighted by molar-refractivity contribution is -0.136. The van der Waals surface area contributed by atoms with Crippen LogP contribution in [-0.4, -0.2) is 78.9 Å². The number of hydrogen-bond acceptors (Lipinski definition) is 4. The molecule has 32 heavy (non-hydrogen) atoms. The first-order chi connectivity index (χ1) is 15.5. The zero-order valence-corrected chi connectivity index (χ0v) is 19.1. The molecule has 2 saturated heterocycles. The van der Waals surface area contributed by atoms with E-state index in [1.165, 1.54) is 6.42 Å². The Hall–Kier alpha value is -2.86. The summed E-state index contributed by atoms with van der Waals surface area (Å²) in [7, 11) is 1.66. The number of benzene rings is 2. The standard InChI is InChI=1S/C26H33N3O3/c1-20-5-3-4-12-29(20)26(31)19-27-13-15-28(16-14-27)25(30)11-7-21-6-8-23-18-24(32-2)10-9-22(23)17-21/h6-11,17-18,20H,3-5,12-16,19H2,1-2H3/b11-7+/t20-/m0/s1. The lowest BCUT2D eigenvalue weighted by Gasteiger charge is -2.37. The number of nitrogens with zero attached hydrogens (tertiary/aromatic N) is 3. The van der Waals surface area contributed by atoms with Crippen LogP contribution >= 0.6 is 0 Å². The summed E-state index contributed by atoms with van der Waals surface area (Å²) in [6.45, 7) is 6.28. The number of likely N-dealkylation sites (tertiary alicyclic amines) is 1. The van der Waals surface area contributed by atoms with Gasteiger partial charge in [-0.15, -0.1) is 0 Å². The molecule has 0 N–H and O–H groups in total. The van der Waals surface area contributed by atoms with E-state index in [2.05, 4.69) is 17.9 Å². The average Bonchev–Trinajstić information content (AvgIpc) is 2.82. The fourth-order valence-corrected chi connectivity index (χ4v) is 4.62. The second-order valence-corrected chi connectivity index (χ2v) is 8.84. The Kier molecular flexibility index (Phi) is 7.10. The molecule has 0 saturated carbocycles. The number of piperazine rings is 1. The monoisotopic (exact) mass is 435 g/mol. The van der Waals surface area contributed by atoms with Crippen LogP contribution in [0.4, 0.5) is 0 Å². The molecule has 0 aliphatic carbocycles. The van der Waals surface area contributed by atoms with Crippen LogP contribution in [0.15, 0.2) is 42.5 Å². The summed E-state index contributed by atoms with van der Waals surface area (Å²) < 4.78 is 5.27. The molecule has 2 fully saturated rings. The summed E-state index contributed by atoms with van der Waals surface area (Å²) in [4.78, 5) is 31.4. The minimum Gasteiger partial charge on any atom is -0.497 e. The molecule has 0 aromatic heterocycles. The number of piperidine rings is 1. The van der Waals surface area contributed by atoms with E-state index < -0.39 is 0 Å². The van der Waals surface area contributed by atoms with Crippen molar-refractivity contribution in [3.05, 3.63) is 48.0 Å². The van der Waals surface area contributed by atoms with Crippen LogP contribution in [0.2, 0.25) is 0 Å². The van der Waals surface area contributed by atoms with Gasteiger partial charge < -0.3 is 14.5 Å². The van der Waals surface area contributed by atoms with Crippen molar-refractivity contribution in [2.75, 3.05) is 46.4 Å². The van der Waals surface area contributed by atoms with Crippen molar-refractivity contribution in [3.8, 4) is 5.75 Å². The largest absolute Gasteiger partial charge is 0.497 e. The number of rotatable bonds is 5. The Morgan fingerprint density at radius 3 is 2.50 bits per heavy atom. The Balaban J connectivity index is 1.28. The van der Waals surface area contributed by atoms with Crippen molar-refractivity contribution in [2.24, 2.45) is 0 Å². The van der Waals surface area contributed by atoms with E-state index in [-0.39, 0.29) is 11.8 Å². The van der Waals surface area contributed by atoms with E-state index >= 15 is 0 Å². The van der Waals surface area contributed by atoms with E-state index in [0.29, 0.717) is 25.7 Å². The number of ether oxygens (including phenoxy) is 1. The Morgan fingerprint density at radius 1 is 1.00 bits per heavy atom. The molecule has 6 heteroatoms. The van der Waals surface area contributed by atoms with Gasteiger partial charge in [0.05, 0.1) is 13.7 Å². The van der Waals surface area contributed by atoms with Gasteiger partial charge in [-0.2, -0.15) is 0 Å². The molecule has 2 aromatic rings. The second kappa shape index (κ2) is 10.2. The molecule has 170 valence electrons. The fraction of sp³-hybridized carbons (Fsp3) is 0.462. The quantitative estimate of drug-likeness (QED) is 0.676. The molecule has 0 unspecified atom stereocenters. The van der Waals surface area contributed by atoms with Gasteiger partial charge in [-0.3, -0.25) is 14.5 Å². The van der Waals surface area contributed by atoms with E-state index in [4.69, 9.17) is 4.74 Å². The predicted molar refractivity (Wildman–Crippen MR) is 128 cm³/mol. The first-order valence-electron chi connectivity index (χ1n) is 11.6. The molecule has 0 spiro atoms. The van der Waals surface area contributed by atoms with Gasteiger partial charge in [-0.25, -0.2) is 0 Å². The molecule has 2 heterocycles. The molecule has 0 bridgehead atoms. The SMILES string of the molecule is COc1ccc2cc(/C=C/C(=O)N3CCN(CC(=O)N4CCCC[C@@H]4C)CC3)ccc2c1. The molecule has 2 aliphatic rings. The van der Waals surface area contributed by atoms with Gasteiger partial charge >= 0.3 is 0 Å². The van der Waals surface area contributed by atoms with E-state index in [1.54, 1.807) is 13.2 Å². The van der Waals surface area contributed by atoms with Gasteiger partial charge in [-0.1, -0.05) is 18.2 Å². The van der Waals surface area contributed by atoms with Crippen LogP contribution in [0.1, 0.15) is 31.7 Å². The summed E-state index contributed by atoms with van der Waals surface area (Å²) in [5.41, 5.74) is 0.996. The average molecular weight is 436 g/mol. The molecule has 0 radical (unpaired) electrons. The number of amides is 2. The molecule has 2 aromatic carbocycles. The van der Waals surface area contributed by atoms with Crippen molar-refractivity contribution in [3.63, 3.8) is 0 Å². The lowest BCUT2D eigenvalue weighted by atomic mass is 10.0. The lowest BCUT2D eigenvalue weighted by Crippen LogP contribution is -2.52. The van der Waals surface area contributed by atoms with Crippen LogP contribution in [0.25, 0.3) is 16.8 Å². The van der Waals surface area contributed by atoms with Crippen molar-refractivity contribution in [2.45, 2.75) is 32.2 Å². The molecule has 2 amide bonds. The molecular formula is C26H33N3O3. The normalized spacial score (nSPS) is 20.1. The fourth-order valence-electron chi connectivity index (χ4n) is 4.62. The highest BCUT2D eigenvalue weighted by molar-refractivity contribution is 5.93. The van der Waals surface area contributed by atoms with E-state index in [0.717, 1.165) is 54.6 Å². The van der Waals surface area contributed by atoms with Crippen molar-refractivity contribution in [1.82, 2.24) is 14.7 Å². The molecule has 4 rings (SSSR count). The Bertz CT molecular complexity index is 995. The van der Waals surface area contributed by atoms with Crippen LogP contribution in [-0.2, 0) is 9.59 Å². The van der Waals surface area contributed by atoms with Crippen LogP contribution in [0, 0.1) is 0 Å². The van der Waals surface area contributed by atoms with Crippen molar-refractivity contribution in [1.29, 1.82) is 0 Å². The van der Waals surface area contributed by atoms with E-state index in [1.807, 2.05) is 46.2 Å². The maximum atomic E-state index is 12.7. The van der Waals surface area contributed by atoms with Gasteiger partial charge in [0.15, 0.2) is 0 Å². The van der Waals surface area contributed by atoms with Crippen LogP contribution in [0.3, 0.4) is 0 Å². The van der Waals surface area contributed by atoms with Gasteiger partial charge in [0.2, 0.25) is 11.8 Å². The van der Waals surface area contributed by atoms with Crippen LogP contribution < -0.4 is 4.74 Å². The first-order valence-corrected chi connectivity index (χ1v) is 11.6. The van der Waals surface area contributed by atoms with Crippen molar-refractivity contribution >= 4 is 28.7 Å². The summed E-state index contributed by atoms with van der Waals surface area (Å²) in [5.74, 6) is 1.09. The zero-order valence-electron chi connectivity index (χ0n) is 19.1. The number of carbonyl (C=O) groups is 2. The van der Waals surface area contributed by atoms with Crippen molar-refractivity contribution < 1.29 is 14.3 Å². The maximum Gasteiger partial charge on any atom is 0.246 e.